The van der Waals surface area contributed by atoms with Crippen molar-refractivity contribution in [2.45, 2.75) is 37.6 Å². The summed E-state index contributed by atoms with van der Waals surface area (Å²) < 4.78 is 7.40. The van der Waals surface area contributed by atoms with E-state index in [4.69, 9.17) is 10.5 Å². The highest BCUT2D eigenvalue weighted by Crippen LogP contribution is 2.43. The number of nitrogens with zero attached hydrogens (tertiary/aromatic N) is 3. The summed E-state index contributed by atoms with van der Waals surface area (Å²) in [5.74, 6) is 1.24. The van der Waals surface area contributed by atoms with E-state index >= 15 is 0 Å². The van der Waals surface area contributed by atoms with Crippen LogP contribution in [0, 0.1) is 0 Å². The van der Waals surface area contributed by atoms with Crippen LogP contribution in [0.25, 0.3) is 0 Å². The van der Waals surface area contributed by atoms with Crippen molar-refractivity contribution >= 4 is 5.82 Å². The van der Waals surface area contributed by atoms with Crippen molar-refractivity contribution in [3.05, 3.63) is 5.69 Å². The van der Waals surface area contributed by atoms with E-state index in [1.54, 1.807) is 0 Å². The summed E-state index contributed by atoms with van der Waals surface area (Å²) in [5.41, 5.74) is 7.03. The third-order valence-corrected chi connectivity index (χ3v) is 3.26. The minimum absolute atomic E-state index is 0.444. The molecule has 82 valence electrons. The second-order valence-electron chi connectivity index (χ2n) is 4.42. The highest BCUT2D eigenvalue weighted by Gasteiger charge is 2.33. The minimum Gasteiger partial charge on any atom is -0.381 e. The molecule has 1 aliphatic heterocycles. The molecule has 0 unspecified atom stereocenters. The third-order valence-electron chi connectivity index (χ3n) is 3.26. The molecule has 0 radical (unpaired) electrons. The second kappa shape index (κ2) is 3.48. The van der Waals surface area contributed by atoms with Crippen LogP contribution < -0.4 is 5.73 Å². The second-order valence-corrected chi connectivity index (χ2v) is 4.42. The van der Waals surface area contributed by atoms with E-state index in [0.717, 1.165) is 26.1 Å². The molecule has 2 fully saturated rings. The Bertz CT molecular complexity index is 352. The number of anilines is 1. The first-order chi connectivity index (χ1) is 7.36. The molecule has 1 aliphatic carbocycles. The Morgan fingerprint density at radius 1 is 1.20 bits per heavy atom. The molecule has 5 nitrogen and oxygen atoms in total. The fourth-order valence-electron chi connectivity index (χ4n) is 2.27. The zero-order valence-electron chi connectivity index (χ0n) is 8.72. The standard InChI is InChI=1S/C10H16N4O/c11-10-9(7-1-2-7)14(13-12-10)8-3-5-15-6-4-8/h7-8H,1-6,11H2. The molecule has 0 amide bonds. The maximum Gasteiger partial charge on any atom is 0.169 e. The van der Waals surface area contributed by atoms with Crippen LogP contribution >= 0.6 is 0 Å². The van der Waals surface area contributed by atoms with Crippen LogP contribution in [0.1, 0.15) is 43.3 Å². The molecule has 3 rings (SSSR count). The van der Waals surface area contributed by atoms with Gasteiger partial charge in [0.1, 0.15) is 0 Å². The van der Waals surface area contributed by atoms with Gasteiger partial charge in [-0.15, -0.1) is 5.10 Å². The highest BCUT2D eigenvalue weighted by molar-refractivity contribution is 5.38. The van der Waals surface area contributed by atoms with Gasteiger partial charge in [-0.1, -0.05) is 5.21 Å². The lowest BCUT2D eigenvalue weighted by Gasteiger charge is -2.23. The zero-order chi connectivity index (χ0) is 10.3. The summed E-state index contributed by atoms with van der Waals surface area (Å²) in [6.07, 6.45) is 4.53. The first kappa shape index (κ1) is 9.15. The number of nitrogens with two attached hydrogens (primary N) is 1. The van der Waals surface area contributed by atoms with Crippen molar-refractivity contribution in [1.29, 1.82) is 0 Å². The fraction of sp³-hybridized carbons (Fsp3) is 0.800. The quantitative estimate of drug-likeness (QED) is 0.790. The predicted molar refractivity (Wildman–Crippen MR) is 55.5 cm³/mol. The number of nitrogen functional groups attached to an aromatic ring is 1. The minimum atomic E-state index is 0.444. The Labute approximate surface area is 88.6 Å². The van der Waals surface area contributed by atoms with Crippen LogP contribution in [0.4, 0.5) is 5.82 Å². The summed E-state index contributed by atoms with van der Waals surface area (Å²) >= 11 is 0. The first-order valence-electron chi connectivity index (χ1n) is 5.64. The van der Waals surface area contributed by atoms with Gasteiger partial charge in [0.2, 0.25) is 0 Å². The largest absolute Gasteiger partial charge is 0.381 e. The molecule has 2 aliphatic rings. The Morgan fingerprint density at radius 3 is 2.60 bits per heavy atom. The topological polar surface area (TPSA) is 66.0 Å². The Hall–Kier alpha value is -1.10. The van der Waals surface area contributed by atoms with Gasteiger partial charge in [-0.3, -0.25) is 0 Å². The lowest BCUT2D eigenvalue weighted by atomic mass is 10.1. The van der Waals surface area contributed by atoms with Crippen molar-refractivity contribution < 1.29 is 4.74 Å². The van der Waals surface area contributed by atoms with Gasteiger partial charge in [0.05, 0.1) is 11.7 Å². The average Bonchev–Trinajstić information content (AvgIpc) is 3.03. The van der Waals surface area contributed by atoms with Gasteiger partial charge in [-0.05, 0) is 25.7 Å². The summed E-state index contributed by atoms with van der Waals surface area (Å²) in [4.78, 5) is 0. The molecular formula is C10H16N4O. The van der Waals surface area contributed by atoms with Crippen molar-refractivity contribution in [3.8, 4) is 0 Å². The predicted octanol–water partition coefficient (Wildman–Crippen LogP) is 1.09. The normalized spacial score (nSPS) is 23.2. The van der Waals surface area contributed by atoms with Crippen LogP contribution in [-0.4, -0.2) is 28.2 Å². The lowest BCUT2D eigenvalue weighted by molar-refractivity contribution is 0.0649. The van der Waals surface area contributed by atoms with E-state index < -0.39 is 0 Å². The van der Waals surface area contributed by atoms with E-state index in [9.17, 15) is 0 Å². The van der Waals surface area contributed by atoms with Crippen LogP contribution in [0.2, 0.25) is 0 Å². The van der Waals surface area contributed by atoms with E-state index in [1.165, 1.54) is 18.5 Å². The fourth-order valence-corrected chi connectivity index (χ4v) is 2.27. The first-order valence-corrected chi connectivity index (χ1v) is 5.64. The lowest BCUT2D eigenvalue weighted by Crippen LogP contribution is -2.22. The zero-order valence-corrected chi connectivity index (χ0v) is 8.72. The summed E-state index contributed by atoms with van der Waals surface area (Å²) in [7, 11) is 0. The number of rotatable bonds is 2. The monoisotopic (exact) mass is 208 g/mol. The van der Waals surface area contributed by atoms with E-state index in [-0.39, 0.29) is 0 Å². The molecule has 0 aromatic carbocycles. The molecule has 0 bridgehead atoms. The smallest absolute Gasteiger partial charge is 0.169 e. The number of ether oxygens (including phenoxy) is 1. The van der Waals surface area contributed by atoms with Crippen molar-refractivity contribution in [1.82, 2.24) is 15.0 Å². The molecule has 2 heterocycles. The van der Waals surface area contributed by atoms with Gasteiger partial charge < -0.3 is 10.5 Å². The SMILES string of the molecule is Nc1nnn(C2CCOCC2)c1C1CC1. The molecule has 1 aromatic heterocycles. The Balaban J connectivity index is 1.89. The van der Waals surface area contributed by atoms with Gasteiger partial charge in [0.25, 0.3) is 0 Å². The van der Waals surface area contributed by atoms with Gasteiger partial charge in [0, 0.05) is 19.1 Å². The molecule has 1 saturated heterocycles. The summed E-state index contributed by atoms with van der Waals surface area (Å²) in [6, 6.07) is 0.444. The van der Waals surface area contributed by atoms with E-state index in [1.807, 2.05) is 0 Å². The molecule has 2 N–H and O–H groups in total. The molecule has 1 aromatic rings. The molecule has 0 atom stereocenters. The molecule has 5 heteroatoms. The van der Waals surface area contributed by atoms with Gasteiger partial charge in [-0.25, -0.2) is 4.68 Å². The Kier molecular flexibility index (Phi) is 2.12. The van der Waals surface area contributed by atoms with Gasteiger partial charge >= 0.3 is 0 Å². The van der Waals surface area contributed by atoms with Gasteiger partial charge in [0.15, 0.2) is 5.82 Å². The van der Waals surface area contributed by atoms with E-state index in [0.29, 0.717) is 17.8 Å². The summed E-state index contributed by atoms with van der Waals surface area (Å²) in [5, 5.41) is 8.19. The maximum atomic E-state index is 5.86. The molecule has 0 spiro atoms. The van der Waals surface area contributed by atoms with Crippen LogP contribution in [0.5, 0.6) is 0 Å². The van der Waals surface area contributed by atoms with Crippen LogP contribution in [0.3, 0.4) is 0 Å². The van der Waals surface area contributed by atoms with Crippen LogP contribution in [0.15, 0.2) is 0 Å². The van der Waals surface area contributed by atoms with Crippen molar-refractivity contribution in [2.24, 2.45) is 0 Å². The summed E-state index contributed by atoms with van der Waals surface area (Å²) in [6.45, 7) is 1.66. The Morgan fingerprint density at radius 2 is 1.93 bits per heavy atom. The number of hydrogen-bond acceptors (Lipinski definition) is 4. The molecule has 1 saturated carbocycles. The molecule has 15 heavy (non-hydrogen) atoms. The highest BCUT2D eigenvalue weighted by atomic mass is 16.5. The van der Waals surface area contributed by atoms with E-state index in [2.05, 4.69) is 15.0 Å². The van der Waals surface area contributed by atoms with Crippen molar-refractivity contribution in [3.63, 3.8) is 0 Å². The number of aromatic nitrogens is 3. The average molecular weight is 208 g/mol. The van der Waals surface area contributed by atoms with Gasteiger partial charge in [-0.2, -0.15) is 0 Å². The van der Waals surface area contributed by atoms with Crippen LogP contribution in [-0.2, 0) is 4.74 Å². The number of hydrogen-bond donors (Lipinski definition) is 1. The molecular weight excluding hydrogens is 192 g/mol. The van der Waals surface area contributed by atoms with Crippen molar-refractivity contribution in [2.75, 3.05) is 18.9 Å². The maximum absolute atomic E-state index is 5.86. The third kappa shape index (κ3) is 1.61.